The van der Waals surface area contributed by atoms with Crippen LogP contribution in [0.25, 0.3) is 0 Å². The molecule has 1 saturated heterocycles. The fraction of sp³-hybridized carbons (Fsp3) is 0.412. The summed E-state index contributed by atoms with van der Waals surface area (Å²) in [6.07, 6.45) is 0. The summed E-state index contributed by atoms with van der Waals surface area (Å²) in [6, 6.07) is 9.72. The lowest BCUT2D eigenvalue weighted by Gasteiger charge is -2.34. The van der Waals surface area contributed by atoms with E-state index in [4.69, 9.17) is 4.52 Å². The lowest BCUT2D eigenvalue weighted by Crippen LogP contribution is -2.44. The van der Waals surface area contributed by atoms with Gasteiger partial charge in [0.25, 0.3) is 0 Å². The van der Waals surface area contributed by atoms with Crippen LogP contribution in [0.15, 0.2) is 34.9 Å². The van der Waals surface area contributed by atoms with Crippen LogP contribution < -0.4 is 15.5 Å². The third-order valence-corrected chi connectivity index (χ3v) is 4.08. The maximum Gasteiger partial charge on any atom is 0.243 e. The van der Waals surface area contributed by atoms with Crippen molar-refractivity contribution in [2.45, 2.75) is 6.92 Å². The molecule has 0 radical (unpaired) electrons. The molecule has 1 aromatic heterocycles. The van der Waals surface area contributed by atoms with E-state index in [1.165, 1.54) is 5.69 Å². The number of benzene rings is 1. The molecular formula is C17H23N5O2. The number of carbonyl (C=O) groups is 1. The zero-order valence-electron chi connectivity index (χ0n) is 14.1. The van der Waals surface area contributed by atoms with Gasteiger partial charge in [0.1, 0.15) is 5.76 Å². The Labute approximate surface area is 141 Å². The number of carbonyl (C=O) groups excluding carboxylic acids is 1. The van der Waals surface area contributed by atoms with Crippen molar-refractivity contribution in [3.8, 4) is 0 Å². The summed E-state index contributed by atoms with van der Waals surface area (Å²) in [7, 11) is 2.14. The molecule has 1 aliphatic rings. The lowest BCUT2D eigenvalue weighted by molar-refractivity contribution is -0.114. The Bertz CT molecular complexity index is 675. The Hall–Kier alpha value is -2.54. The van der Waals surface area contributed by atoms with Gasteiger partial charge in [0, 0.05) is 43.6 Å². The summed E-state index contributed by atoms with van der Waals surface area (Å²) in [6.45, 7) is 6.16. The molecule has 24 heavy (non-hydrogen) atoms. The van der Waals surface area contributed by atoms with Gasteiger partial charge < -0.3 is 25.0 Å². The number of piperazine rings is 1. The molecule has 2 N–H and O–H groups in total. The van der Waals surface area contributed by atoms with E-state index in [2.05, 4.69) is 44.8 Å². The van der Waals surface area contributed by atoms with E-state index >= 15 is 0 Å². The van der Waals surface area contributed by atoms with Crippen LogP contribution in [0.3, 0.4) is 0 Å². The minimum Gasteiger partial charge on any atom is -0.369 e. The first-order chi connectivity index (χ1) is 11.6. The molecule has 1 aliphatic heterocycles. The van der Waals surface area contributed by atoms with Crippen LogP contribution in [0.1, 0.15) is 5.76 Å². The highest BCUT2D eigenvalue weighted by atomic mass is 16.5. The Kier molecular flexibility index (Phi) is 5.00. The fourth-order valence-electron chi connectivity index (χ4n) is 2.65. The van der Waals surface area contributed by atoms with Gasteiger partial charge in [0.15, 0.2) is 5.82 Å². The molecule has 1 fully saturated rings. The first kappa shape index (κ1) is 16.3. The van der Waals surface area contributed by atoms with Crippen molar-refractivity contribution in [2.24, 2.45) is 0 Å². The molecule has 7 nitrogen and oxygen atoms in total. The Morgan fingerprint density at radius 3 is 2.54 bits per heavy atom. The van der Waals surface area contributed by atoms with Crippen LogP contribution in [0, 0.1) is 6.92 Å². The van der Waals surface area contributed by atoms with Crippen molar-refractivity contribution >= 4 is 23.1 Å². The zero-order chi connectivity index (χ0) is 16.9. The van der Waals surface area contributed by atoms with E-state index in [1.807, 2.05) is 12.1 Å². The first-order valence-corrected chi connectivity index (χ1v) is 8.11. The summed E-state index contributed by atoms with van der Waals surface area (Å²) in [5, 5.41) is 9.58. The van der Waals surface area contributed by atoms with E-state index in [0.29, 0.717) is 11.6 Å². The highest BCUT2D eigenvalue weighted by molar-refractivity contribution is 5.93. The Balaban J connectivity index is 1.49. The zero-order valence-corrected chi connectivity index (χ0v) is 14.1. The number of amides is 1. The summed E-state index contributed by atoms with van der Waals surface area (Å²) >= 11 is 0. The molecule has 0 saturated carbocycles. The second kappa shape index (κ2) is 7.35. The van der Waals surface area contributed by atoms with Crippen LogP contribution in [0.2, 0.25) is 0 Å². The summed E-state index contributed by atoms with van der Waals surface area (Å²) in [5.41, 5.74) is 1.98. The second-order valence-electron chi connectivity index (χ2n) is 6.06. The standard InChI is InChI=1S/C17H23N5O2/c1-13-11-16(20-24-13)18-12-17(23)19-14-3-5-15(6-4-14)22-9-7-21(2)8-10-22/h3-6,11H,7-10,12H2,1-2H3,(H,18,20)(H,19,23). The number of nitrogens with zero attached hydrogens (tertiary/aromatic N) is 3. The van der Waals surface area contributed by atoms with E-state index < -0.39 is 0 Å². The minimum absolute atomic E-state index is 0.122. The van der Waals surface area contributed by atoms with E-state index in [1.54, 1.807) is 13.0 Å². The van der Waals surface area contributed by atoms with Gasteiger partial charge in [0.2, 0.25) is 5.91 Å². The fourth-order valence-corrected chi connectivity index (χ4v) is 2.65. The molecule has 7 heteroatoms. The van der Waals surface area contributed by atoms with Gasteiger partial charge >= 0.3 is 0 Å². The molecule has 1 aromatic carbocycles. The maximum absolute atomic E-state index is 12.0. The van der Waals surface area contributed by atoms with Crippen molar-refractivity contribution in [3.63, 3.8) is 0 Å². The normalized spacial score (nSPS) is 15.3. The molecule has 0 unspecified atom stereocenters. The summed E-state index contributed by atoms with van der Waals surface area (Å²) < 4.78 is 4.94. The van der Waals surface area contributed by atoms with E-state index in [-0.39, 0.29) is 12.5 Å². The molecule has 128 valence electrons. The third kappa shape index (κ3) is 4.26. The van der Waals surface area contributed by atoms with Gasteiger partial charge in [-0.1, -0.05) is 5.16 Å². The van der Waals surface area contributed by atoms with Gasteiger partial charge in [0.05, 0.1) is 6.54 Å². The average molecular weight is 329 g/mol. The predicted octanol–water partition coefficient (Wildman–Crippen LogP) is 1.79. The SMILES string of the molecule is Cc1cc(NCC(=O)Nc2ccc(N3CCN(C)CC3)cc2)no1. The van der Waals surface area contributed by atoms with Gasteiger partial charge in [-0.15, -0.1) is 0 Å². The maximum atomic E-state index is 12.0. The Morgan fingerprint density at radius 1 is 1.21 bits per heavy atom. The van der Waals surface area contributed by atoms with Gasteiger partial charge in [-0.2, -0.15) is 0 Å². The van der Waals surface area contributed by atoms with Crippen LogP contribution in [-0.4, -0.2) is 55.7 Å². The second-order valence-corrected chi connectivity index (χ2v) is 6.06. The van der Waals surface area contributed by atoms with Crippen molar-refractivity contribution in [1.82, 2.24) is 10.1 Å². The average Bonchev–Trinajstić information content (AvgIpc) is 3.00. The van der Waals surface area contributed by atoms with Crippen LogP contribution in [0.4, 0.5) is 17.2 Å². The van der Waals surface area contributed by atoms with Crippen LogP contribution in [0.5, 0.6) is 0 Å². The summed E-state index contributed by atoms with van der Waals surface area (Å²) in [5.74, 6) is 1.15. The van der Waals surface area contributed by atoms with Crippen molar-refractivity contribution in [1.29, 1.82) is 0 Å². The number of hydrogen-bond acceptors (Lipinski definition) is 6. The predicted molar refractivity (Wildman–Crippen MR) is 94.5 cm³/mol. The van der Waals surface area contributed by atoms with E-state index in [0.717, 1.165) is 31.9 Å². The number of aryl methyl sites for hydroxylation is 1. The molecule has 2 heterocycles. The number of nitrogens with one attached hydrogen (secondary N) is 2. The number of anilines is 3. The molecule has 0 atom stereocenters. The van der Waals surface area contributed by atoms with Crippen molar-refractivity contribution in [2.75, 3.05) is 55.3 Å². The highest BCUT2D eigenvalue weighted by Crippen LogP contribution is 2.19. The molecule has 0 spiro atoms. The van der Waals surface area contributed by atoms with Crippen LogP contribution in [-0.2, 0) is 4.79 Å². The van der Waals surface area contributed by atoms with E-state index in [9.17, 15) is 4.79 Å². The number of hydrogen-bond donors (Lipinski definition) is 2. The smallest absolute Gasteiger partial charge is 0.243 e. The molecule has 3 rings (SSSR count). The molecular weight excluding hydrogens is 306 g/mol. The number of aromatic nitrogens is 1. The quantitative estimate of drug-likeness (QED) is 0.871. The molecule has 0 bridgehead atoms. The molecule has 0 aliphatic carbocycles. The largest absolute Gasteiger partial charge is 0.369 e. The van der Waals surface area contributed by atoms with Gasteiger partial charge in [-0.3, -0.25) is 4.79 Å². The molecule has 2 aromatic rings. The molecule has 1 amide bonds. The topological polar surface area (TPSA) is 73.6 Å². The van der Waals surface area contributed by atoms with Crippen LogP contribution >= 0.6 is 0 Å². The third-order valence-electron chi connectivity index (χ3n) is 4.08. The number of rotatable bonds is 5. The van der Waals surface area contributed by atoms with Gasteiger partial charge in [-0.05, 0) is 38.2 Å². The van der Waals surface area contributed by atoms with Crippen molar-refractivity contribution in [3.05, 3.63) is 36.1 Å². The monoisotopic (exact) mass is 329 g/mol. The number of likely N-dealkylation sites (N-methyl/N-ethyl adjacent to an activating group) is 1. The Morgan fingerprint density at radius 2 is 1.92 bits per heavy atom. The first-order valence-electron chi connectivity index (χ1n) is 8.11. The minimum atomic E-state index is -0.122. The van der Waals surface area contributed by atoms with Crippen molar-refractivity contribution < 1.29 is 9.32 Å². The summed E-state index contributed by atoms with van der Waals surface area (Å²) in [4.78, 5) is 16.7. The lowest BCUT2D eigenvalue weighted by atomic mass is 10.2. The highest BCUT2D eigenvalue weighted by Gasteiger charge is 2.14. The van der Waals surface area contributed by atoms with Gasteiger partial charge in [-0.25, -0.2) is 0 Å².